The lowest BCUT2D eigenvalue weighted by Gasteiger charge is -2.17. The van der Waals surface area contributed by atoms with Crippen LogP contribution in [-0.2, 0) is 0 Å². The Morgan fingerprint density at radius 2 is 1.79 bits per heavy atom. The summed E-state index contributed by atoms with van der Waals surface area (Å²) < 4.78 is 28.1. The molecular weight excluding hydrogens is 312 g/mol. The van der Waals surface area contributed by atoms with Gasteiger partial charge in [0.1, 0.15) is 11.6 Å². The van der Waals surface area contributed by atoms with Gasteiger partial charge in [-0.1, -0.05) is 28.1 Å². The SMILES string of the molecule is Cc1ccc(F)c(NC(C)c2ccc(Br)cc2F)c1. The third-order valence-electron chi connectivity index (χ3n) is 2.92. The van der Waals surface area contributed by atoms with E-state index in [1.165, 1.54) is 12.1 Å². The maximum Gasteiger partial charge on any atom is 0.146 e. The van der Waals surface area contributed by atoms with Gasteiger partial charge in [0, 0.05) is 10.0 Å². The molecule has 0 heterocycles. The quantitative estimate of drug-likeness (QED) is 0.816. The minimum absolute atomic E-state index is 0.315. The summed E-state index contributed by atoms with van der Waals surface area (Å²) in [5.41, 5.74) is 1.84. The minimum atomic E-state index is -0.338. The van der Waals surface area contributed by atoms with Gasteiger partial charge in [0.15, 0.2) is 0 Å². The number of nitrogens with one attached hydrogen (secondary N) is 1. The van der Waals surface area contributed by atoms with Gasteiger partial charge in [-0.05, 0) is 43.7 Å². The Bertz CT molecular complexity index is 599. The molecule has 0 saturated heterocycles. The maximum atomic E-state index is 13.8. The van der Waals surface area contributed by atoms with E-state index >= 15 is 0 Å². The first-order chi connectivity index (χ1) is 8.97. The van der Waals surface area contributed by atoms with E-state index in [-0.39, 0.29) is 17.7 Å². The molecule has 2 aromatic carbocycles. The van der Waals surface area contributed by atoms with E-state index in [4.69, 9.17) is 0 Å². The average Bonchev–Trinajstić information content (AvgIpc) is 2.33. The van der Waals surface area contributed by atoms with Crippen LogP contribution in [0.5, 0.6) is 0 Å². The molecule has 0 saturated carbocycles. The molecule has 0 aromatic heterocycles. The molecule has 1 nitrogen and oxygen atoms in total. The van der Waals surface area contributed by atoms with E-state index in [9.17, 15) is 8.78 Å². The number of anilines is 1. The Morgan fingerprint density at radius 1 is 1.05 bits per heavy atom. The molecular formula is C15H14BrF2N. The third-order valence-corrected chi connectivity index (χ3v) is 3.42. The van der Waals surface area contributed by atoms with Crippen LogP contribution < -0.4 is 5.32 Å². The molecule has 0 bridgehead atoms. The summed E-state index contributed by atoms with van der Waals surface area (Å²) in [6.45, 7) is 3.68. The van der Waals surface area contributed by atoms with Gasteiger partial charge in [-0.2, -0.15) is 0 Å². The van der Waals surface area contributed by atoms with Crippen LogP contribution >= 0.6 is 15.9 Å². The third kappa shape index (κ3) is 3.32. The van der Waals surface area contributed by atoms with Crippen molar-refractivity contribution in [2.24, 2.45) is 0 Å². The fourth-order valence-electron chi connectivity index (χ4n) is 1.91. The van der Waals surface area contributed by atoms with Gasteiger partial charge in [0.05, 0.1) is 11.7 Å². The fourth-order valence-corrected chi connectivity index (χ4v) is 2.25. The lowest BCUT2D eigenvalue weighted by Crippen LogP contribution is -2.10. The van der Waals surface area contributed by atoms with Crippen molar-refractivity contribution in [1.29, 1.82) is 0 Å². The number of rotatable bonds is 3. The molecule has 0 spiro atoms. The summed E-state index contributed by atoms with van der Waals surface area (Å²) in [7, 11) is 0. The van der Waals surface area contributed by atoms with Crippen molar-refractivity contribution in [2.75, 3.05) is 5.32 Å². The van der Waals surface area contributed by atoms with Gasteiger partial charge in [-0.3, -0.25) is 0 Å². The van der Waals surface area contributed by atoms with Gasteiger partial charge >= 0.3 is 0 Å². The van der Waals surface area contributed by atoms with Crippen LogP contribution in [0.25, 0.3) is 0 Å². The van der Waals surface area contributed by atoms with Crippen molar-refractivity contribution in [3.63, 3.8) is 0 Å². The van der Waals surface area contributed by atoms with E-state index in [1.807, 2.05) is 6.92 Å². The second kappa shape index (κ2) is 5.70. The summed E-state index contributed by atoms with van der Waals surface area (Å²) in [5, 5.41) is 3.00. The summed E-state index contributed by atoms with van der Waals surface area (Å²) in [6, 6.07) is 9.36. The molecule has 2 rings (SSSR count). The highest BCUT2D eigenvalue weighted by molar-refractivity contribution is 9.10. The van der Waals surface area contributed by atoms with Crippen molar-refractivity contribution < 1.29 is 8.78 Å². The molecule has 1 unspecified atom stereocenters. The van der Waals surface area contributed by atoms with Gasteiger partial charge in [-0.25, -0.2) is 8.78 Å². The van der Waals surface area contributed by atoms with Crippen LogP contribution in [-0.4, -0.2) is 0 Å². The first kappa shape index (κ1) is 14.0. The van der Waals surface area contributed by atoms with Crippen molar-refractivity contribution in [3.8, 4) is 0 Å². The average molecular weight is 326 g/mol. The molecule has 100 valence electrons. The van der Waals surface area contributed by atoms with Gasteiger partial charge in [-0.15, -0.1) is 0 Å². The van der Waals surface area contributed by atoms with E-state index in [2.05, 4.69) is 21.2 Å². The first-order valence-corrected chi connectivity index (χ1v) is 6.74. The Labute approximate surface area is 119 Å². The Kier molecular flexibility index (Phi) is 4.20. The lowest BCUT2D eigenvalue weighted by molar-refractivity contribution is 0.595. The molecule has 0 aliphatic carbocycles. The fraction of sp³-hybridized carbons (Fsp3) is 0.200. The summed E-state index contributed by atoms with van der Waals surface area (Å²) in [4.78, 5) is 0. The summed E-state index contributed by atoms with van der Waals surface area (Å²) >= 11 is 3.21. The molecule has 2 aromatic rings. The molecule has 1 atom stereocenters. The summed E-state index contributed by atoms with van der Waals surface area (Å²) in [6.07, 6.45) is 0. The lowest BCUT2D eigenvalue weighted by atomic mass is 10.1. The van der Waals surface area contributed by atoms with Gasteiger partial charge < -0.3 is 5.32 Å². The van der Waals surface area contributed by atoms with Gasteiger partial charge in [0.25, 0.3) is 0 Å². The van der Waals surface area contributed by atoms with Crippen LogP contribution in [0.1, 0.15) is 24.1 Å². The largest absolute Gasteiger partial charge is 0.376 e. The molecule has 19 heavy (non-hydrogen) atoms. The Balaban J connectivity index is 2.25. The first-order valence-electron chi connectivity index (χ1n) is 5.95. The van der Waals surface area contributed by atoms with Crippen LogP contribution in [0.15, 0.2) is 40.9 Å². The maximum absolute atomic E-state index is 13.8. The number of benzene rings is 2. The smallest absolute Gasteiger partial charge is 0.146 e. The topological polar surface area (TPSA) is 12.0 Å². The molecule has 0 fully saturated rings. The van der Waals surface area contributed by atoms with Crippen molar-refractivity contribution >= 4 is 21.6 Å². The second-order valence-corrected chi connectivity index (χ2v) is 5.43. The minimum Gasteiger partial charge on any atom is -0.376 e. The molecule has 0 aliphatic heterocycles. The normalized spacial score (nSPS) is 12.3. The highest BCUT2D eigenvalue weighted by Crippen LogP contribution is 2.26. The zero-order chi connectivity index (χ0) is 14.0. The number of aryl methyl sites for hydroxylation is 1. The van der Waals surface area contributed by atoms with E-state index in [0.717, 1.165) is 5.56 Å². The monoisotopic (exact) mass is 325 g/mol. The zero-order valence-corrected chi connectivity index (χ0v) is 12.3. The number of hydrogen-bond acceptors (Lipinski definition) is 1. The van der Waals surface area contributed by atoms with E-state index in [1.54, 1.807) is 31.2 Å². The summed E-state index contributed by atoms with van der Waals surface area (Å²) in [5.74, 6) is -0.655. The van der Waals surface area contributed by atoms with Crippen LogP contribution in [0.3, 0.4) is 0 Å². The van der Waals surface area contributed by atoms with E-state index in [0.29, 0.717) is 15.7 Å². The molecule has 1 N–H and O–H groups in total. The Hall–Kier alpha value is -1.42. The van der Waals surface area contributed by atoms with Crippen molar-refractivity contribution in [2.45, 2.75) is 19.9 Å². The highest BCUT2D eigenvalue weighted by Gasteiger charge is 2.13. The molecule has 4 heteroatoms. The van der Waals surface area contributed by atoms with Crippen LogP contribution in [0.2, 0.25) is 0 Å². The standard InChI is InChI=1S/C15H14BrF2N/c1-9-3-6-13(17)15(7-9)19-10(2)12-5-4-11(16)8-14(12)18/h3-8,10,19H,1-2H3. The number of hydrogen-bond donors (Lipinski definition) is 1. The predicted octanol–water partition coefficient (Wildman–Crippen LogP) is 5.21. The predicted molar refractivity (Wildman–Crippen MR) is 77.3 cm³/mol. The van der Waals surface area contributed by atoms with Crippen LogP contribution in [0, 0.1) is 18.6 Å². The van der Waals surface area contributed by atoms with Crippen molar-refractivity contribution in [3.05, 3.63) is 63.6 Å². The van der Waals surface area contributed by atoms with Crippen molar-refractivity contribution in [1.82, 2.24) is 0 Å². The number of halogens is 3. The zero-order valence-electron chi connectivity index (χ0n) is 10.7. The van der Waals surface area contributed by atoms with Crippen LogP contribution in [0.4, 0.5) is 14.5 Å². The molecule has 0 aliphatic rings. The molecule has 0 amide bonds. The Morgan fingerprint density at radius 3 is 2.47 bits per heavy atom. The van der Waals surface area contributed by atoms with E-state index < -0.39 is 0 Å². The second-order valence-electron chi connectivity index (χ2n) is 4.52. The molecule has 0 radical (unpaired) electrons. The van der Waals surface area contributed by atoms with Gasteiger partial charge in [0.2, 0.25) is 0 Å². The highest BCUT2D eigenvalue weighted by atomic mass is 79.9.